The lowest BCUT2D eigenvalue weighted by Gasteiger charge is -2.33. The molecule has 1 atom stereocenters. The number of hydrogen-bond acceptors (Lipinski definition) is 7. The van der Waals surface area contributed by atoms with E-state index in [9.17, 15) is 8.78 Å². The van der Waals surface area contributed by atoms with Gasteiger partial charge in [0.15, 0.2) is 11.6 Å². The molecule has 2 aliphatic rings. The Balaban J connectivity index is 1.43. The van der Waals surface area contributed by atoms with Crippen LogP contribution in [0.4, 0.5) is 20.2 Å². The van der Waals surface area contributed by atoms with E-state index in [1.807, 2.05) is 0 Å². The molecule has 1 fully saturated rings. The first kappa shape index (κ1) is 19.2. The van der Waals surface area contributed by atoms with Crippen LogP contribution in [-0.4, -0.2) is 47.2 Å². The van der Waals surface area contributed by atoms with Gasteiger partial charge >= 0.3 is 0 Å². The molecule has 5 heterocycles. The van der Waals surface area contributed by atoms with E-state index in [0.29, 0.717) is 17.0 Å². The SMILES string of the molecule is CN1CC=C(c2cc3c(Nc4c(F)cc5scnc5c4F)ccnc3s2)C12CCOC2. The summed E-state index contributed by atoms with van der Waals surface area (Å²) in [7, 11) is 2.12. The Labute approximate surface area is 185 Å². The highest BCUT2D eigenvalue weighted by Gasteiger charge is 2.45. The van der Waals surface area contributed by atoms with Crippen molar-refractivity contribution in [2.45, 2.75) is 12.0 Å². The molecule has 1 N–H and O–H groups in total. The number of fused-ring (bicyclic) bond motifs is 2. The summed E-state index contributed by atoms with van der Waals surface area (Å²) in [5.41, 5.74) is 3.25. The summed E-state index contributed by atoms with van der Waals surface area (Å²) in [5.74, 6) is -1.32. The summed E-state index contributed by atoms with van der Waals surface area (Å²) in [5, 5.41) is 3.80. The van der Waals surface area contributed by atoms with Gasteiger partial charge in [-0.05, 0) is 37.2 Å². The van der Waals surface area contributed by atoms with Crippen molar-refractivity contribution in [3.05, 3.63) is 52.5 Å². The summed E-state index contributed by atoms with van der Waals surface area (Å²) in [6.07, 6.45) is 4.86. The topological polar surface area (TPSA) is 50.3 Å². The largest absolute Gasteiger partial charge is 0.379 e. The number of thiazole rings is 1. The lowest BCUT2D eigenvalue weighted by molar-refractivity contribution is 0.142. The van der Waals surface area contributed by atoms with Crippen molar-refractivity contribution in [2.75, 3.05) is 32.1 Å². The maximum absolute atomic E-state index is 14.9. The molecule has 0 bridgehead atoms. The fourth-order valence-corrected chi connectivity index (χ4v) is 6.42. The average molecular weight is 457 g/mol. The van der Waals surface area contributed by atoms with E-state index in [1.54, 1.807) is 23.6 Å². The Kier molecular flexibility index (Phi) is 4.36. The van der Waals surface area contributed by atoms with Gasteiger partial charge in [-0.2, -0.15) is 0 Å². The molecule has 2 aliphatic heterocycles. The molecule has 0 saturated carbocycles. The van der Waals surface area contributed by atoms with Gasteiger partial charge in [-0.25, -0.2) is 18.7 Å². The minimum atomic E-state index is -0.682. The Hall–Kier alpha value is -2.46. The number of likely N-dealkylation sites (N-methyl/N-ethyl adjacent to an activating group) is 1. The number of rotatable bonds is 3. The first-order valence-corrected chi connectivity index (χ1v) is 11.6. The third kappa shape index (κ3) is 2.84. The smallest absolute Gasteiger partial charge is 0.176 e. The maximum Gasteiger partial charge on any atom is 0.176 e. The summed E-state index contributed by atoms with van der Waals surface area (Å²) in [4.78, 5) is 12.8. The number of benzene rings is 1. The highest BCUT2D eigenvalue weighted by atomic mass is 32.1. The van der Waals surface area contributed by atoms with Crippen LogP contribution in [-0.2, 0) is 4.74 Å². The van der Waals surface area contributed by atoms with Crippen molar-refractivity contribution in [3.63, 3.8) is 0 Å². The van der Waals surface area contributed by atoms with E-state index in [-0.39, 0.29) is 16.7 Å². The first-order valence-electron chi connectivity index (χ1n) is 9.93. The number of pyridine rings is 1. The maximum atomic E-state index is 14.9. The number of halogens is 2. The van der Waals surface area contributed by atoms with Crippen LogP contribution in [0, 0.1) is 11.6 Å². The van der Waals surface area contributed by atoms with Crippen molar-refractivity contribution in [1.82, 2.24) is 14.9 Å². The molecule has 3 aromatic heterocycles. The molecule has 1 unspecified atom stereocenters. The van der Waals surface area contributed by atoms with E-state index < -0.39 is 11.6 Å². The van der Waals surface area contributed by atoms with E-state index >= 15 is 0 Å². The van der Waals surface area contributed by atoms with E-state index in [1.165, 1.54) is 28.5 Å². The zero-order valence-corrected chi connectivity index (χ0v) is 18.2. The summed E-state index contributed by atoms with van der Waals surface area (Å²) in [6.45, 7) is 2.29. The van der Waals surface area contributed by atoms with Gasteiger partial charge in [-0.15, -0.1) is 22.7 Å². The number of hydrogen-bond donors (Lipinski definition) is 1. The number of nitrogens with one attached hydrogen (secondary N) is 1. The Bertz CT molecular complexity index is 1360. The standard InChI is InChI=1S/C22H18F2N4OS2/c1-28-6-3-13(22(28)4-7-29-10-22)16-8-12-15(2-5-25-21(12)31-16)27-19-14(23)9-17-20(18(19)24)26-11-30-17/h2-3,5,8-9,11H,4,6-7,10H2,1H3,(H,25,27). The molecule has 31 heavy (non-hydrogen) atoms. The van der Waals surface area contributed by atoms with E-state index in [0.717, 1.165) is 34.7 Å². The zero-order chi connectivity index (χ0) is 21.2. The van der Waals surface area contributed by atoms with Gasteiger partial charge in [-0.1, -0.05) is 6.08 Å². The number of aromatic nitrogens is 2. The van der Waals surface area contributed by atoms with Crippen LogP contribution < -0.4 is 5.32 Å². The van der Waals surface area contributed by atoms with Crippen molar-refractivity contribution >= 4 is 60.1 Å². The van der Waals surface area contributed by atoms with Crippen LogP contribution in [0.15, 0.2) is 36.0 Å². The second kappa shape index (κ2) is 7.03. The minimum Gasteiger partial charge on any atom is -0.379 e. The number of ether oxygens (including phenoxy) is 1. The third-order valence-electron chi connectivity index (χ3n) is 6.28. The van der Waals surface area contributed by atoms with Crippen LogP contribution >= 0.6 is 22.7 Å². The molecule has 5 nitrogen and oxygen atoms in total. The second-order valence-corrected chi connectivity index (χ2v) is 9.81. The number of nitrogens with zero attached hydrogens (tertiary/aromatic N) is 3. The lowest BCUT2D eigenvalue weighted by atomic mass is 9.89. The molecule has 6 rings (SSSR count). The fourth-order valence-electron chi connectivity index (χ4n) is 4.56. The van der Waals surface area contributed by atoms with Crippen LogP contribution in [0.3, 0.4) is 0 Å². The van der Waals surface area contributed by atoms with Crippen molar-refractivity contribution in [1.29, 1.82) is 0 Å². The molecule has 0 aliphatic carbocycles. The normalized spacial score (nSPS) is 21.6. The molecule has 9 heteroatoms. The molecule has 0 radical (unpaired) electrons. The highest BCUT2D eigenvalue weighted by Crippen LogP contribution is 2.46. The molecule has 0 amide bonds. The zero-order valence-electron chi connectivity index (χ0n) is 16.6. The van der Waals surface area contributed by atoms with Gasteiger partial charge in [0, 0.05) is 29.6 Å². The molecular weight excluding hydrogens is 438 g/mol. The summed E-state index contributed by atoms with van der Waals surface area (Å²) < 4.78 is 35.8. The number of thiophene rings is 1. The molecule has 4 aromatic rings. The molecule has 1 aromatic carbocycles. The minimum absolute atomic E-state index is 0.109. The van der Waals surface area contributed by atoms with Crippen molar-refractivity contribution in [2.24, 2.45) is 0 Å². The van der Waals surface area contributed by atoms with E-state index in [4.69, 9.17) is 4.74 Å². The van der Waals surface area contributed by atoms with Gasteiger partial charge in [-0.3, -0.25) is 4.90 Å². The van der Waals surface area contributed by atoms with Gasteiger partial charge in [0.1, 0.15) is 16.0 Å². The van der Waals surface area contributed by atoms with Gasteiger partial charge in [0.05, 0.1) is 28.0 Å². The quantitative estimate of drug-likeness (QED) is 0.446. The first-order chi connectivity index (χ1) is 15.1. The van der Waals surface area contributed by atoms with Crippen LogP contribution in [0.25, 0.3) is 26.0 Å². The van der Waals surface area contributed by atoms with Crippen molar-refractivity contribution in [3.8, 4) is 0 Å². The predicted octanol–water partition coefficient (Wildman–Crippen LogP) is 5.42. The highest BCUT2D eigenvalue weighted by molar-refractivity contribution is 7.19. The van der Waals surface area contributed by atoms with Gasteiger partial charge in [0.2, 0.25) is 0 Å². The molecule has 1 spiro atoms. The summed E-state index contributed by atoms with van der Waals surface area (Å²) in [6, 6.07) is 5.13. The molecule has 1 saturated heterocycles. The monoisotopic (exact) mass is 456 g/mol. The number of anilines is 2. The molecular formula is C22H18F2N4OS2. The Morgan fingerprint density at radius 2 is 2.16 bits per heavy atom. The van der Waals surface area contributed by atoms with E-state index in [2.05, 4.69) is 39.4 Å². The van der Waals surface area contributed by atoms with Crippen LogP contribution in [0.5, 0.6) is 0 Å². The lowest BCUT2D eigenvalue weighted by Crippen LogP contribution is -2.43. The Morgan fingerprint density at radius 3 is 3.00 bits per heavy atom. The second-order valence-electron chi connectivity index (χ2n) is 7.89. The van der Waals surface area contributed by atoms with Crippen LogP contribution in [0.2, 0.25) is 0 Å². The Morgan fingerprint density at radius 1 is 1.26 bits per heavy atom. The molecule has 158 valence electrons. The average Bonchev–Trinajstić information content (AvgIpc) is 3.53. The van der Waals surface area contributed by atoms with Crippen LogP contribution in [0.1, 0.15) is 11.3 Å². The van der Waals surface area contributed by atoms with Crippen molar-refractivity contribution < 1.29 is 13.5 Å². The predicted molar refractivity (Wildman–Crippen MR) is 121 cm³/mol. The summed E-state index contributed by atoms with van der Waals surface area (Å²) >= 11 is 2.81. The van der Waals surface area contributed by atoms with Gasteiger partial charge < -0.3 is 10.1 Å². The fraction of sp³-hybridized carbons (Fsp3) is 0.273. The third-order valence-corrected chi connectivity index (χ3v) is 8.13. The van der Waals surface area contributed by atoms with Gasteiger partial charge in [0.25, 0.3) is 0 Å².